The van der Waals surface area contributed by atoms with Gasteiger partial charge < -0.3 is 24.6 Å². The summed E-state index contributed by atoms with van der Waals surface area (Å²) >= 11 is 0. The van der Waals surface area contributed by atoms with Crippen LogP contribution in [-0.2, 0) is 9.59 Å². The zero-order valence-electron chi connectivity index (χ0n) is 21.1. The number of carbonyl (C=O) groups excluding carboxylic acids is 2. The molecular weight excluding hydrogens is 446 g/mol. The average Bonchev–Trinajstić information content (AvgIpc) is 3.09. The molecule has 2 aromatic carbocycles. The Bertz CT molecular complexity index is 1120. The van der Waals surface area contributed by atoms with E-state index in [1.165, 1.54) is 4.90 Å². The zero-order chi connectivity index (χ0) is 25.7. The second-order valence-corrected chi connectivity index (χ2v) is 9.05. The Kier molecular flexibility index (Phi) is 8.57. The molecule has 1 aliphatic heterocycles. The summed E-state index contributed by atoms with van der Waals surface area (Å²) in [7, 11) is 1.60. The van der Waals surface area contributed by atoms with Crippen LogP contribution in [0, 0.1) is 6.92 Å². The minimum atomic E-state index is -0.736. The van der Waals surface area contributed by atoms with E-state index in [0.29, 0.717) is 48.6 Å². The molecule has 1 atom stereocenters. The van der Waals surface area contributed by atoms with E-state index in [-0.39, 0.29) is 23.9 Å². The molecule has 2 aromatic rings. The SMILES string of the molecule is CCCN1C(=O)C(=O)/C(=C(/O)c2cc(C(C)C)c(OC)cc2C)C1c1cccc(OCCCO)c1. The lowest BCUT2D eigenvalue weighted by Crippen LogP contribution is -2.30. The minimum Gasteiger partial charge on any atom is -0.507 e. The van der Waals surface area contributed by atoms with Gasteiger partial charge in [0.25, 0.3) is 11.7 Å². The molecule has 0 spiro atoms. The smallest absolute Gasteiger partial charge is 0.295 e. The van der Waals surface area contributed by atoms with Gasteiger partial charge in [0.1, 0.15) is 17.3 Å². The Hall–Kier alpha value is -3.32. The Morgan fingerprint density at radius 1 is 1.17 bits per heavy atom. The maximum absolute atomic E-state index is 13.2. The lowest BCUT2D eigenvalue weighted by atomic mass is 9.91. The van der Waals surface area contributed by atoms with Crippen molar-refractivity contribution in [2.24, 2.45) is 0 Å². The van der Waals surface area contributed by atoms with E-state index in [4.69, 9.17) is 14.6 Å². The normalized spacial score (nSPS) is 17.3. The monoisotopic (exact) mass is 481 g/mol. The summed E-state index contributed by atoms with van der Waals surface area (Å²) in [6.07, 6.45) is 1.16. The molecule has 1 unspecified atom stereocenters. The summed E-state index contributed by atoms with van der Waals surface area (Å²) in [5.41, 5.74) is 2.89. The highest BCUT2D eigenvalue weighted by molar-refractivity contribution is 6.46. The average molecular weight is 482 g/mol. The molecule has 1 fully saturated rings. The van der Waals surface area contributed by atoms with E-state index in [1.54, 1.807) is 25.3 Å². The van der Waals surface area contributed by atoms with Crippen LogP contribution in [0.25, 0.3) is 5.76 Å². The largest absolute Gasteiger partial charge is 0.507 e. The summed E-state index contributed by atoms with van der Waals surface area (Å²) in [5.74, 6) is -0.108. The van der Waals surface area contributed by atoms with Crippen molar-refractivity contribution in [3.63, 3.8) is 0 Å². The molecule has 0 saturated carbocycles. The third kappa shape index (κ3) is 5.35. The molecule has 0 aromatic heterocycles. The first-order valence-electron chi connectivity index (χ1n) is 12.1. The Morgan fingerprint density at radius 2 is 1.91 bits per heavy atom. The van der Waals surface area contributed by atoms with Gasteiger partial charge in [0.15, 0.2) is 0 Å². The van der Waals surface area contributed by atoms with Crippen LogP contribution in [0.4, 0.5) is 0 Å². The van der Waals surface area contributed by atoms with Crippen molar-refractivity contribution in [1.29, 1.82) is 0 Å². The highest BCUT2D eigenvalue weighted by Crippen LogP contribution is 2.42. The minimum absolute atomic E-state index is 0.0237. The first kappa shape index (κ1) is 26.3. The van der Waals surface area contributed by atoms with Gasteiger partial charge in [-0.1, -0.05) is 32.9 Å². The maximum Gasteiger partial charge on any atom is 0.295 e. The maximum atomic E-state index is 13.2. The highest BCUT2D eigenvalue weighted by atomic mass is 16.5. The number of benzene rings is 2. The number of methoxy groups -OCH3 is 1. The second kappa shape index (κ2) is 11.4. The highest BCUT2D eigenvalue weighted by Gasteiger charge is 2.46. The van der Waals surface area contributed by atoms with Gasteiger partial charge in [0.2, 0.25) is 0 Å². The number of nitrogens with zero attached hydrogens (tertiary/aromatic N) is 1. The number of rotatable bonds is 10. The van der Waals surface area contributed by atoms with E-state index in [1.807, 2.05) is 45.9 Å². The van der Waals surface area contributed by atoms with E-state index >= 15 is 0 Å². The summed E-state index contributed by atoms with van der Waals surface area (Å²) in [4.78, 5) is 27.8. The van der Waals surface area contributed by atoms with E-state index in [0.717, 1.165) is 11.1 Å². The first-order chi connectivity index (χ1) is 16.7. The number of hydrogen-bond donors (Lipinski definition) is 2. The molecule has 1 heterocycles. The summed E-state index contributed by atoms with van der Waals surface area (Å²) < 4.78 is 11.2. The number of amides is 1. The van der Waals surface area contributed by atoms with Crippen molar-refractivity contribution in [2.45, 2.75) is 52.5 Å². The number of carbonyl (C=O) groups is 2. The number of likely N-dealkylation sites (tertiary alicyclic amines) is 1. The Morgan fingerprint density at radius 3 is 2.54 bits per heavy atom. The van der Waals surface area contributed by atoms with Crippen LogP contribution in [0.15, 0.2) is 42.0 Å². The van der Waals surface area contributed by atoms with Gasteiger partial charge in [-0.25, -0.2) is 0 Å². The molecule has 2 N–H and O–H groups in total. The first-order valence-corrected chi connectivity index (χ1v) is 12.1. The number of hydrogen-bond acceptors (Lipinski definition) is 6. The molecule has 7 nitrogen and oxygen atoms in total. The predicted molar refractivity (Wildman–Crippen MR) is 135 cm³/mol. The number of Topliss-reactive ketones (excluding diaryl/α,β-unsaturated/α-hetero) is 1. The molecule has 35 heavy (non-hydrogen) atoms. The van der Waals surface area contributed by atoms with E-state index in [9.17, 15) is 14.7 Å². The number of aliphatic hydroxyl groups excluding tert-OH is 2. The molecule has 0 radical (unpaired) electrons. The molecule has 3 rings (SSSR count). The van der Waals surface area contributed by atoms with Crippen molar-refractivity contribution >= 4 is 17.4 Å². The fourth-order valence-electron chi connectivity index (χ4n) is 4.45. The van der Waals surface area contributed by atoms with Crippen molar-refractivity contribution in [1.82, 2.24) is 4.90 Å². The van der Waals surface area contributed by atoms with Gasteiger partial charge >= 0.3 is 0 Å². The lowest BCUT2D eigenvalue weighted by Gasteiger charge is -2.25. The standard InChI is InChI=1S/C28H35NO6/c1-6-11-29-25(19-9-7-10-20(15-19)35-13-8-12-30)24(27(32)28(29)33)26(31)22-16-21(17(2)3)23(34-5)14-18(22)4/h7,9-10,14-17,25,30-31H,6,8,11-13H2,1-5H3/b26-24+. The Balaban J connectivity index is 2.18. The van der Waals surface area contributed by atoms with Crippen LogP contribution < -0.4 is 9.47 Å². The van der Waals surface area contributed by atoms with Crippen LogP contribution in [0.1, 0.15) is 67.8 Å². The molecule has 7 heteroatoms. The Labute approximate surface area is 207 Å². The zero-order valence-corrected chi connectivity index (χ0v) is 21.1. The van der Waals surface area contributed by atoms with Crippen LogP contribution in [-0.4, -0.2) is 53.7 Å². The molecule has 0 aliphatic carbocycles. The summed E-state index contributed by atoms with van der Waals surface area (Å²) in [6, 6.07) is 10.1. The number of aryl methyl sites for hydroxylation is 1. The quantitative estimate of drug-likeness (QED) is 0.221. The van der Waals surface area contributed by atoms with Gasteiger partial charge in [-0.15, -0.1) is 0 Å². The molecule has 188 valence electrons. The third-order valence-electron chi connectivity index (χ3n) is 6.20. The lowest BCUT2D eigenvalue weighted by molar-refractivity contribution is -0.139. The van der Waals surface area contributed by atoms with Gasteiger partial charge in [0, 0.05) is 25.1 Å². The van der Waals surface area contributed by atoms with Gasteiger partial charge in [0.05, 0.1) is 25.3 Å². The summed E-state index contributed by atoms with van der Waals surface area (Å²) in [5, 5.41) is 20.5. The van der Waals surface area contributed by atoms with Gasteiger partial charge in [-0.2, -0.15) is 0 Å². The van der Waals surface area contributed by atoms with Crippen molar-refractivity contribution in [3.05, 3.63) is 64.2 Å². The third-order valence-corrected chi connectivity index (χ3v) is 6.20. The van der Waals surface area contributed by atoms with E-state index in [2.05, 4.69) is 0 Å². The topological polar surface area (TPSA) is 96.3 Å². The van der Waals surface area contributed by atoms with Crippen molar-refractivity contribution in [2.75, 3.05) is 26.9 Å². The predicted octanol–water partition coefficient (Wildman–Crippen LogP) is 4.72. The number of ether oxygens (including phenoxy) is 2. The molecular formula is C28H35NO6. The van der Waals surface area contributed by atoms with Crippen LogP contribution in [0.5, 0.6) is 11.5 Å². The molecule has 0 bridgehead atoms. The van der Waals surface area contributed by atoms with E-state index < -0.39 is 17.7 Å². The number of ketones is 1. The van der Waals surface area contributed by atoms with Crippen LogP contribution in [0.3, 0.4) is 0 Å². The van der Waals surface area contributed by atoms with Gasteiger partial charge in [-0.3, -0.25) is 9.59 Å². The van der Waals surface area contributed by atoms with Crippen molar-refractivity contribution < 1.29 is 29.3 Å². The van der Waals surface area contributed by atoms with Crippen LogP contribution in [0.2, 0.25) is 0 Å². The summed E-state index contributed by atoms with van der Waals surface area (Å²) in [6.45, 7) is 8.58. The molecule has 1 saturated heterocycles. The number of aliphatic hydroxyl groups is 2. The fourth-order valence-corrected chi connectivity index (χ4v) is 4.45. The van der Waals surface area contributed by atoms with Crippen LogP contribution >= 0.6 is 0 Å². The molecule has 1 aliphatic rings. The second-order valence-electron chi connectivity index (χ2n) is 9.05. The molecule has 1 amide bonds. The van der Waals surface area contributed by atoms with Gasteiger partial charge in [-0.05, 0) is 60.2 Å². The van der Waals surface area contributed by atoms with Crippen molar-refractivity contribution in [3.8, 4) is 11.5 Å². The fraction of sp³-hybridized carbons (Fsp3) is 0.429.